The molecule has 0 aliphatic rings. The average Bonchev–Trinajstić information content (AvgIpc) is 2.01. The number of Topliss-reactive ketones (excluding diaryl/α,β-unsaturated/α-hetero) is 1. The molecule has 13 heavy (non-hydrogen) atoms. The fourth-order valence-electron chi connectivity index (χ4n) is 0.826. The molecule has 0 aliphatic heterocycles. The first kappa shape index (κ1) is 12.6. The van der Waals surface area contributed by atoms with Gasteiger partial charge < -0.3 is 9.79 Å². The van der Waals surface area contributed by atoms with Crippen molar-refractivity contribution in [2.24, 2.45) is 0 Å². The van der Waals surface area contributed by atoms with Crippen molar-refractivity contribution in [3.8, 4) is 0 Å². The number of carbonyl (C=O) groups excluding carboxylic acids is 1. The van der Waals surface area contributed by atoms with E-state index in [2.05, 4.69) is 0 Å². The van der Waals surface area contributed by atoms with E-state index in [1.54, 1.807) is 0 Å². The van der Waals surface area contributed by atoms with Gasteiger partial charge in [0.15, 0.2) is 5.78 Å². The third kappa shape index (κ3) is 4.98. The summed E-state index contributed by atoms with van der Waals surface area (Å²) in [7, 11) is -4.52. The Kier molecular flexibility index (Phi) is 5.14. The van der Waals surface area contributed by atoms with Crippen molar-refractivity contribution in [3.63, 3.8) is 0 Å². The Morgan fingerprint density at radius 1 is 1.38 bits per heavy atom. The first-order chi connectivity index (χ1) is 5.89. The van der Waals surface area contributed by atoms with E-state index in [1.165, 1.54) is 0 Å². The smallest absolute Gasteiger partial charge is 0.321 e. The second-order valence-electron chi connectivity index (χ2n) is 2.81. The minimum Gasteiger partial charge on any atom is -0.321 e. The minimum absolute atomic E-state index is 0.116. The molecule has 0 amide bonds. The van der Waals surface area contributed by atoms with Crippen molar-refractivity contribution in [3.05, 3.63) is 11.9 Å². The monoisotopic (exact) mass is 205 g/mol. The molecule has 0 saturated heterocycles. The topological polar surface area (TPSA) is 74.6 Å². The normalized spacial score (nSPS) is 11.3. The number of carbonyl (C=O) groups is 1. The van der Waals surface area contributed by atoms with Crippen molar-refractivity contribution >= 4 is 13.4 Å². The molecule has 0 bridgehead atoms. The standard InChI is InChI=1S/C8H14O4P/c1-3-4-5-6-8(9)7(2)13(10,11)12/h2H,3-6H2,1H3,(H2,10,11,12). The molecule has 0 fully saturated rings. The molecule has 2 N–H and O–H groups in total. The van der Waals surface area contributed by atoms with E-state index < -0.39 is 18.7 Å². The second kappa shape index (κ2) is 5.32. The molecule has 5 heteroatoms. The predicted molar refractivity (Wildman–Crippen MR) is 49.0 cm³/mol. The zero-order valence-corrected chi connectivity index (χ0v) is 8.46. The fourth-order valence-corrected chi connectivity index (χ4v) is 1.26. The molecule has 1 radical (unpaired) electrons. The Labute approximate surface area is 77.8 Å². The van der Waals surface area contributed by atoms with Crippen LogP contribution < -0.4 is 0 Å². The van der Waals surface area contributed by atoms with Crippen molar-refractivity contribution in [1.29, 1.82) is 0 Å². The van der Waals surface area contributed by atoms with Gasteiger partial charge in [-0.2, -0.15) is 0 Å². The Bertz CT molecular complexity index is 241. The van der Waals surface area contributed by atoms with Crippen LogP contribution in [0.25, 0.3) is 0 Å². The fraction of sp³-hybridized carbons (Fsp3) is 0.625. The highest BCUT2D eigenvalue weighted by Gasteiger charge is 2.24. The Morgan fingerprint density at radius 3 is 2.31 bits per heavy atom. The van der Waals surface area contributed by atoms with Gasteiger partial charge in [-0.15, -0.1) is 0 Å². The summed E-state index contributed by atoms with van der Waals surface area (Å²) in [6.07, 6.45) is 2.55. The summed E-state index contributed by atoms with van der Waals surface area (Å²) in [5.41, 5.74) is 0. The molecule has 4 nitrogen and oxygen atoms in total. The van der Waals surface area contributed by atoms with Gasteiger partial charge in [0, 0.05) is 6.42 Å². The van der Waals surface area contributed by atoms with Crippen LogP contribution in [0.15, 0.2) is 5.31 Å². The molecule has 0 rings (SSSR count). The van der Waals surface area contributed by atoms with Crippen LogP contribution in [0.5, 0.6) is 0 Å². The summed E-state index contributed by atoms with van der Waals surface area (Å²) in [6.45, 7) is 6.95. The molecule has 0 aromatic heterocycles. The van der Waals surface area contributed by atoms with Crippen LogP contribution in [0, 0.1) is 6.58 Å². The molecule has 0 aromatic rings. The Balaban J connectivity index is 3.99. The van der Waals surface area contributed by atoms with E-state index in [4.69, 9.17) is 16.4 Å². The highest BCUT2D eigenvalue weighted by Crippen LogP contribution is 2.44. The largest absolute Gasteiger partial charge is 0.359 e. The van der Waals surface area contributed by atoms with Crippen molar-refractivity contribution in [2.45, 2.75) is 32.6 Å². The molecular formula is C8H14O4P. The minimum atomic E-state index is -4.52. The second-order valence-corrected chi connectivity index (χ2v) is 4.38. The van der Waals surface area contributed by atoms with E-state index in [1.807, 2.05) is 6.92 Å². The van der Waals surface area contributed by atoms with E-state index in [0.717, 1.165) is 12.8 Å². The van der Waals surface area contributed by atoms with Crippen LogP contribution in [0.2, 0.25) is 0 Å². The number of hydrogen-bond acceptors (Lipinski definition) is 2. The van der Waals surface area contributed by atoms with Gasteiger partial charge in [0.25, 0.3) is 0 Å². The number of hydrogen-bond donors (Lipinski definition) is 2. The molecule has 75 valence electrons. The third-order valence-electron chi connectivity index (χ3n) is 1.61. The first-order valence-electron chi connectivity index (χ1n) is 4.11. The summed E-state index contributed by atoms with van der Waals surface area (Å²) < 4.78 is 10.5. The van der Waals surface area contributed by atoms with Crippen molar-refractivity contribution in [2.75, 3.05) is 0 Å². The van der Waals surface area contributed by atoms with Gasteiger partial charge in [-0.05, 0) is 13.0 Å². The first-order valence-corrected chi connectivity index (χ1v) is 5.72. The highest BCUT2D eigenvalue weighted by molar-refractivity contribution is 7.57. The van der Waals surface area contributed by atoms with Crippen LogP contribution in [0.1, 0.15) is 32.6 Å². The van der Waals surface area contributed by atoms with Gasteiger partial charge in [-0.3, -0.25) is 9.36 Å². The Morgan fingerprint density at radius 2 is 1.92 bits per heavy atom. The number of unbranched alkanes of at least 4 members (excludes halogenated alkanes) is 2. The maximum absolute atomic E-state index is 11.0. The third-order valence-corrected chi connectivity index (χ3v) is 2.48. The average molecular weight is 205 g/mol. The lowest BCUT2D eigenvalue weighted by Gasteiger charge is -2.05. The molecule has 0 heterocycles. The van der Waals surface area contributed by atoms with Gasteiger partial charge in [0.1, 0.15) is 5.31 Å². The van der Waals surface area contributed by atoms with E-state index in [9.17, 15) is 9.36 Å². The van der Waals surface area contributed by atoms with Gasteiger partial charge in [0.2, 0.25) is 0 Å². The van der Waals surface area contributed by atoms with E-state index >= 15 is 0 Å². The maximum Gasteiger partial charge on any atom is 0.359 e. The van der Waals surface area contributed by atoms with Gasteiger partial charge >= 0.3 is 7.60 Å². The molecule has 0 spiro atoms. The molecule has 0 saturated carbocycles. The molecule has 0 aromatic carbocycles. The quantitative estimate of drug-likeness (QED) is 0.392. The van der Waals surface area contributed by atoms with Gasteiger partial charge in [-0.1, -0.05) is 19.8 Å². The van der Waals surface area contributed by atoms with Crippen LogP contribution in [-0.2, 0) is 9.36 Å². The lowest BCUT2D eigenvalue weighted by atomic mass is 10.1. The molecule has 0 unspecified atom stereocenters. The van der Waals surface area contributed by atoms with Crippen molar-refractivity contribution < 1.29 is 19.1 Å². The SMILES string of the molecule is [CH]=C(C(=O)CCCCC)P(=O)(O)O. The number of rotatable bonds is 6. The predicted octanol–water partition coefficient (Wildman–Crippen LogP) is 1.63. The molecular weight excluding hydrogens is 191 g/mol. The highest BCUT2D eigenvalue weighted by atomic mass is 31.2. The number of ketones is 1. The van der Waals surface area contributed by atoms with Crippen LogP contribution in [-0.4, -0.2) is 15.6 Å². The number of allylic oxidation sites excluding steroid dienone is 1. The lowest BCUT2D eigenvalue weighted by Crippen LogP contribution is -2.01. The van der Waals surface area contributed by atoms with Crippen molar-refractivity contribution in [1.82, 2.24) is 0 Å². The zero-order chi connectivity index (χ0) is 10.5. The summed E-state index contributed by atoms with van der Waals surface area (Å²) >= 11 is 0. The summed E-state index contributed by atoms with van der Waals surface area (Å²) in [5.74, 6) is -0.637. The Hall–Kier alpha value is -0.440. The zero-order valence-electron chi connectivity index (χ0n) is 7.56. The van der Waals surface area contributed by atoms with Gasteiger partial charge in [0.05, 0.1) is 0 Å². The van der Waals surface area contributed by atoms with E-state index in [0.29, 0.717) is 6.42 Å². The summed E-state index contributed by atoms with van der Waals surface area (Å²) in [5, 5.41) is -0.816. The van der Waals surface area contributed by atoms with Crippen LogP contribution in [0.4, 0.5) is 0 Å². The summed E-state index contributed by atoms with van der Waals surface area (Å²) in [4.78, 5) is 28.1. The van der Waals surface area contributed by atoms with Crippen LogP contribution >= 0.6 is 7.60 Å². The molecule has 0 atom stereocenters. The van der Waals surface area contributed by atoms with Gasteiger partial charge in [-0.25, -0.2) is 0 Å². The maximum atomic E-state index is 11.0. The molecule has 0 aliphatic carbocycles. The van der Waals surface area contributed by atoms with E-state index in [-0.39, 0.29) is 6.42 Å². The van der Waals surface area contributed by atoms with Crippen LogP contribution in [0.3, 0.4) is 0 Å². The lowest BCUT2D eigenvalue weighted by molar-refractivity contribution is -0.115. The summed E-state index contributed by atoms with van der Waals surface area (Å²) in [6, 6.07) is 0.